The Balaban J connectivity index is 3.09. The zero-order valence-electron chi connectivity index (χ0n) is 5.46. The first-order valence-corrected chi connectivity index (χ1v) is 3.24. The summed E-state index contributed by atoms with van der Waals surface area (Å²) in [6, 6.07) is 3.82. The average molecular weight is 174 g/mol. The Morgan fingerprint density at radius 2 is 2.27 bits per heavy atom. The van der Waals surface area contributed by atoms with E-state index in [2.05, 4.69) is 5.16 Å². The van der Waals surface area contributed by atoms with E-state index in [1.54, 1.807) is 0 Å². The Hall–Kier alpha value is -1.09. The van der Waals surface area contributed by atoms with Crippen molar-refractivity contribution in [2.24, 2.45) is 5.16 Å². The molecular formula is C7H5ClFNO. The summed E-state index contributed by atoms with van der Waals surface area (Å²) in [6.45, 7) is 0. The van der Waals surface area contributed by atoms with Gasteiger partial charge in [-0.1, -0.05) is 16.8 Å². The van der Waals surface area contributed by atoms with Crippen molar-refractivity contribution in [3.8, 4) is 0 Å². The van der Waals surface area contributed by atoms with Crippen molar-refractivity contribution in [3.63, 3.8) is 0 Å². The van der Waals surface area contributed by atoms with Crippen LogP contribution < -0.4 is 0 Å². The van der Waals surface area contributed by atoms with Gasteiger partial charge < -0.3 is 5.21 Å². The summed E-state index contributed by atoms with van der Waals surface area (Å²) in [4.78, 5) is 0. The van der Waals surface area contributed by atoms with E-state index in [9.17, 15) is 4.39 Å². The van der Waals surface area contributed by atoms with E-state index >= 15 is 0 Å². The fourth-order valence-electron chi connectivity index (χ4n) is 0.668. The summed E-state index contributed by atoms with van der Waals surface area (Å²) in [7, 11) is 0. The van der Waals surface area contributed by atoms with Gasteiger partial charge in [0.2, 0.25) is 0 Å². The van der Waals surface area contributed by atoms with Crippen LogP contribution in [0.3, 0.4) is 0 Å². The normalized spacial score (nSPS) is 10.7. The summed E-state index contributed by atoms with van der Waals surface area (Å²) in [5, 5.41) is 11.1. The third-order valence-corrected chi connectivity index (χ3v) is 1.49. The maximum absolute atomic E-state index is 12.4. The highest BCUT2D eigenvalue weighted by molar-refractivity contribution is 6.33. The summed E-state index contributed by atoms with van der Waals surface area (Å²) in [5.74, 6) is -0.412. The number of hydrogen-bond acceptors (Lipinski definition) is 2. The number of nitrogens with zero attached hydrogens (tertiary/aromatic N) is 1. The van der Waals surface area contributed by atoms with Gasteiger partial charge in [0.1, 0.15) is 5.82 Å². The molecule has 0 amide bonds. The Labute approximate surface area is 67.9 Å². The quantitative estimate of drug-likeness (QED) is 0.395. The molecule has 1 N–H and O–H groups in total. The van der Waals surface area contributed by atoms with Crippen LogP contribution in [0, 0.1) is 5.82 Å². The molecule has 0 aromatic heterocycles. The minimum Gasteiger partial charge on any atom is -0.411 e. The van der Waals surface area contributed by atoms with E-state index in [4.69, 9.17) is 16.8 Å². The summed E-state index contributed by atoms with van der Waals surface area (Å²) in [5.41, 5.74) is 0.482. The smallest absolute Gasteiger partial charge is 0.124 e. The maximum Gasteiger partial charge on any atom is 0.124 e. The van der Waals surface area contributed by atoms with E-state index in [0.717, 1.165) is 12.3 Å². The zero-order valence-corrected chi connectivity index (χ0v) is 6.22. The van der Waals surface area contributed by atoms with Crippen LogP contribution in [0.2, 0.25) is 5.02 Å². The highest BCUT2D eigenvalue weighted by Crippen LogP contribution is 2.14. The Morgan fingerprint density at radius 1 is 1.55 bits per heavy atom. The molecule has 1 aromatic rings. The Morgan fingerprint density at radius 3 is 2.82 bits per heavy atom. The topological polar surface area (TPSA) is 32.6 Å². The van der Waals surface area contributed by atoms with Gasteiger partial charge in [0.15, 0.2) is 0 Å². The van der Waals surface area contributed by atoms with Crippen LogP contribution in [0.25, 0.3) is 0 Å². The number of hydrogen-bond donors (Lipinski definition) is 1. The largest absolute Gasteiger partial charge is 0.411 e. The molecule has 0 atom stereocenters. The van der Waals surface area contributed by atoms with Gasteiger partial charge in [0.05, 0.1) is 11.2 Å². The van der Waals surface area contributed by atoms with Crippen molar-refractivity contribution in [1.29, 1.82) is 0 Å². The molecular weight excluding hydrogens is 169 g/mol. The molecule has 0 unspecified atom stereocenters. The van der Waals surface area contributed by atoms with Gasteiger partial charge in [-0.2, -0.15) is 0 Å². The average Bonchev–Trinajstić information content (AvgIpc) is 1.95. The molecule has 4 heteroatoms. The second-order valence-electron chi connectivity index (χ2n) is 1.91. The molecule has 0 fully saturated rings. The lowest BCUT2D eigenvalue weighted by molar-refractivity contribution is 0.322. The minimum absolute atomic E-state index is 0.225. The van der Waals surface area contributed by atoms with Gasteiger partial charge in [-0.25, -0.2) is 4.39 Å². The monoisotopic (exact) mass is 173 g/mol. The first-order valence-electron chi connectivity index (χ1n) is 2.86. The number of rotatable bonds is 1. The standard InChI is InChI=1S/C7H5ClFNO/c8-7-3-6(9)2-1-5(7)4-10-11/h1-4,11H. The van der Waals surface area contributed by atoms with Gasteiger partial charge in [0, 0.05) is 5.56 Å². The van der Waals surface area contributed by atoms with Crippen molar-refractivity contribution in [2.75, 3.05) is 0 Å². The van der Waals surface area contributed by atoms with Crippen molar-refractivity contribution in [1.82, 2.24) is 0 Å². The van der Waals surface area contributed by atoms with Gasteiger partial charge in [0.25, 0.3) is 0 Å². The molecule has 2 nitrogen and oxygen atoms in total. The Bertz CT molecular complexity index is 288. The second kappa shape index (κ2) is 3.34. The van der Waals surface area contributed by atoms with E-state index in [0.29, 0.717) is 5.56 Å². The Kier molecular flexibility index (Phi) is 2.44. The summed E-state index contributed by atoms with van der Waals surface area (Å²) in [6.07, 6.45) is 1.14. The molecule has 0 aliphatic heterocycles. The molecule has 58 valence electrons. The highest BCUT2D eigenvalue weighted by atomic mass is 35.5. The second-order valence-corrected chi connectivity index (χ2v) is 2.32. The first kappa shape index (κ1) is 8.01. The molecule has 11 heavy (non-hydrogen) atoms. The molecule has 0 radical (unpaired) electrons. The number of benzene rings is 1. The first-order chi connectivity index (χ1) is 5.24. The fraction of sp³-hybridized carbons (Fsp3) is 0. The molecule has 0 aliphatic carbocycles. The van der Waals surface area contributed by atoms with Crippen LogP contribution in [0.5, 0.6) is 0 Å². The fourth-order valence-corrected chi connectivity index (χ4v) is 0.884. The lowest BCUT2D eigenvalue weighted by atomic mass is 10.2. The third-order valence-electron chi connectivity index (χ3n) is 1.16. The van der Waals surface area contributed by atoms with Crippen molar-refractivity contribution in [2.45, 2.75) is 0 Å². The van der Waals surface area contributed by atoms with E-state index in [-0.39, 0.29) is 5.02 Å². The third kappa shape index (κ3) is 1.91. The van der Waals surface area contributed by atoms with Gasteiger partial charge in [-0.3, -0.25) is 0 Å². The maximum atomic E-state index is 12.4. The highest BCUT2D eigenvalue weighted by Gasteiger charge is 1.97. The summed E-state index contributed by atoms with van der Waals surface area (Å²) < 4.78 is 12.4. The lowest BCUT2D eigenvalue weighted by Gasteiger charge is -1.94. The van der Waals surface area contributed by atoms with Crippen LogP contribution in [-0.2, 0) is 0 Å². The predicted octanol–water partition coefficient (Wildman–Crippen LogP) is 2.29. The molecule has 0 bridgehead atoms. The number of halogens is 2. The van der Waals surface area contributed by atoms with Gasteiger partial charge in [-0.05, 0) is 18.2 Å². The summed E-state index contributed by atoms with van der Waals surface area (Å²) >= 11 is 5.57. The van der Waals surface area contributed by atoms with Crippen molar-refractivity contribution < 1.29 is 9.60 Å². The SMILES string of the molecule is ON=Cc1ccc(F)cc1Cl. The van der Waals surface area contributed by atoms with E-state index < -0.39 is 5.82 Å². The van der Waals surface area contributed by atoms with Gasteiger partial charge in [-0.15, -0.1) is 0 Å². The van der Waals surface area contributed by atoms with Crippen LogP contribution in [-0.4, -0.2) is 11.4 Å². The molecule has 0 saturated heterocycles. The molecule has 0 saturated carbocycles. The van der Waals surface area contributed by atoms with Crippen LogP contribution in [0.15, 0.2) is 23.4 Å². The molecule has 0 spiro atoms. The molecule has 0 heterocycles. The number of oxime groups is 1. The van der Waals surface area contributed by atoms with Gasteiger partial charge >= 0.3 is 0 Å². The minimum atomic E-state index is -0.412. The molecule has 0 aliphatic rings. The molecule has 1 aromatic carbocycles. The van der Waals surface area contributed by atoms with Crippen molar-refractivity contribution >= 4 is 17.8 Å². The van der Waals surface area contributed by atoms with Crippen molar-refractivity contribution in [3.05, 3.63) is 34.6 Å². The van der Waals surface area contributed by atoms with Crippen LogP contribution in [0.4, 0.5) is 4.39 Å². The van der Waals surface area contributed by atoms with Crippen LogP contribution >= 0.6 is 11.6 Å². The molecule has 1 rings (SSSR count). The predicted molar refractivity (Wildman–Crippen MR) is 40.8 cm³/mol. The zero-order chi connectivity index (χ0) is 8.27. The van der Waals surface area contributed by atoms with E-state index in [1.165, 1.54) is 12.1 Å². The lowest BCUT2D eigenvalue weighted by Crippen LogP contribution is -1.83. The van der Waals surface area contributed by atoms with E-state index in [1.807, 2.05) is 0 Å². The van der Waals surface area contributed by atoms with Crippen LogP contribution in [0.1, 0.15) is 5.56 Å².